The van der Waals surface area contributed by atoms with Crippen LogP contribution in [0.25, 0.3) is 0 Å². The van der Waals surface area contributed by atoms with E-state index in [0.717, 1.165) is 28.4 Å². The van der Waals surface area contributed by atoms with Gasteiger partial charge in [0.2, 0.25) is 0 Å². The van der Waals surface area contributed by atoms with Crippen molar-refractivity contribution in [1.29, 1.82) is 0 Å². The topological polar surface area (TPSA) is 46.3 Å². The van der Waals surface area contributed by atoms with Gasteiger partial charge in [-0.25, -0.2) is 0 Å². The first-order chi connectivity index (χ1) is 9.95. The Hall–Kier alpha value is -1.03. The molecule has 3 unspecified atom stereocenters. The van der Waals surface area contributed by atoms with Crippen LogP contribution < -0.4 is 5.73 Å². The lowest BCUT2D eigenvalue weighted by Crippen LogP contribution is -2.34. The van der Waals surface area contributed by atoms with Crippen LogP contribution in [-0.2, 0) is 0 Å². The SMILES string of the molecule is Cc1c(N)cc(Br)cc1C(=O)N(C)CC1CC2CCC1C2. The van der Waals surface area contributed by atoms with Gasteiger partial charge in [-0.05, 0) is 61.6 Å². The first-order valence-corrected chi connectivity index (χ1v) is 8.56. The van der Waals surface area contributed by atoms with Gasteiger partial charge in [-0.3, -0.25) is 4.79 Å². The van der Waals surface area contributed by atoms with E-state index in [1.54, 1.807) is 0 Å². The molecule has 4 heteroatoms. The Labute approximate surface area is 135 Å². The minimum Gasteiger partial charge on any atom is -0.398 e. The van der Waals surface area contributed by atoms with E-state index in [4.69, 9.17) is 5.73 Å². The Balaban J connectivity index is 1.73. The van der Waals surface area contributed by atoms with E-state index in [2.05, 4.69) is 15.9 Å². The zero-order valence-electron chi connectivity index (χ0n) is 12.7. The van der Waals surface area contributed by atoms with Crippen LogP contribution in [-0.4, -0.2) is 24.4 Å². The molecule has 2 fully saturated rings. The fourth-order valence-corrected chi connectivity index (χ4v) is 4.64. The average molecular weight is 351 g/mol. The maximum Gasteiger partial charge on any atom is 0.253 e. The summed E-state index contributed by atoms with van der Waals surface area (Å²) in [5.74, 6) is 2.55. The van der Waals surface area contributed by atoms with Gasteiger partial charge in [0.1, 0.15) is 0 Å². The third-order valence-electron chi connectivity index (χ3n) is 5.38. The van der Waals surface area contributed by atoms with Crippen molar-refractivity contribution in [2.75, 3.05) is 19.3 Å². The number of nitrogens with zero attached hydrogens (tertiary/aromatic N) is 1. The fraction of sp³-hybridized carbons (Fsp3) is 0.588. The summed E-state index contributed by atoms with van der Waals surface area (Å²) in [6.45, 7) is 2.80. The maximum absolute atomic E-state index is 12.7. The standard InChI is InChI=1S/C17H23BrN2O/c1-10-15(7-14(18)8-16(10)19)17(21)20(2)9-13-6-11-3-4-12(13)5-11/h7-8,11-13H,3-6,9,19H2,1-2H3. The predicted molar refractivity (Wildman–Crippen MR) is 89.2 cm³/mol. The molecule has 2 aliphatic carbocycles. The highest BCUT2D eigenvalue weighted by Crippen LogP contribution is 2.48. The average Bonchev–Trinajstić information content (AvgIpc) is 3.04. The predicted octanol–water partition coefficient (Wildman–Crippen LogP) is 3.85. The van der Waals surface area contributed by atoms with Gasteiger partial charge in [0.05, 0.1) is 0 Å². The van der Waals surface area contributed by atoms with E-state index in [1.807, 2.05) is 31.0 Å². The van der Waals surface area contributed by atoms with Crippen LogP contribution in [0.15, 0.2) is 16.6 Å². The molecular weight excluding hydrogens is 328 g/mol. The van der Waals surface area contributed by atoms with E-state index in [0.29, 0.717) is 17.2 Å². The van der Waals surface area contributed by atoms with E-state index in [-0.39, 0.29) is 5.91 Å². The summed E-state index contributed by atoms with van der Waals surface area (Å²) in [4.78, 5) is 14.6. The molecule has 3 nitrogen and oxygen atoms in total. The minimum atomic E-state index is 0.0864. The number of benzene rings is 1. The maximum atomic E-state index is 12.7. The molecule has 3 atom stereocenters. The Kier molecular flexibility index (Phi) is 4.00. The van der Waals surface area contributed by atoms with E-state index >= 15 is 0 Å². The van der Waals surface area contributed by atoms with Gasteiger partial charge >= 0.3 is 0 Å². The van der Waals surface area contributed by atoms with Crippen molar-refractivity contribution in [3.05, 3.63) is 27.7 Å². The zero-order valence-corrected chi connectivity index (χ0v) is 14.3. The number of amides is 1. The molecule has 0 saturated heterocycles. The van der Waals surface area contributed by atoms with Gasteiger partial charge in [-0.1, -0.05) is 22.4 Å². The highest BCUT2D eigenvalue weighted by atomic mass is 79.9. The molecule has 0 radical (unpaired) electrons. The summed E-state index contributed by atoms with van der Waals surface area (Å²) in [6.07, 6.45) is 5.46. The molecule has 2 saturated carbocycles. The Morgan fingerprint density at radius 1 is 1.38 bits per heavy atom. The van der Waals surface area contributed by atoms with Crippen molar-refractivity contribution in [2.45, 2.75) is 32.6 Å². The molecule has 1 aromatic rings. The number of anilines is 1. The molecule has 114 valence electrons. The first-order valence-electron chi connectivity index (χ1n) is 7.76. The van der Waals surface area contributed by atoms with Crippen LogP contribution in [0.5, 0.6) is 0 Å². The smallest absolute Gasteiger partial charge is 0.253 e. The summed E-state index contributed by atoms with van der Waals surface area (Å²) < 4.78 is 0.863. The minimum absolute atomic E-state index is 0.0864. The quantitative estimate of drug-likeness (QED) is 0.841. The largest absolute Gasteiger partial charge is 0.398 e. The van der Waals surface area contributed by atoms with Crippen molar-refractivity contribution < 1.29 is 4.79 Å². The van der Waals surface area contributed by atoms with Crippen LogP contribution in [0.3, 0.4) is 0 Å². The molecule has 3 rings (SSSR count). The summed E-state index contributed by atoms with van der Waals surface area (Å²) in [6, 6.07) is 3.73. The van der Waals surface area contributed by atoms with E-state index < -0.39 is 0 Å². The number of hydrogen-bond donors (Lipinski definition) is 1. The number of carbonyl (C=O) groups excluding carboxylic acids is 1. The molecule has 2 bridgehead atoms. The number of fused-ring (bicyclic) bond motifs is 2. The van der Waals surface area contributed by atoms with Crippen molar-refractivity contribution in [1.82, 2.24) is 4.90 Å². The fourth-order valence-electron chi connectivity index (χ4n) is 4.16. The van der Waals surface area contributed by atoms with Crippen molar-refractivity contribution >= 4 is 27.5 Å². The van der Waals surface area contributed by atoms with E-state index in [9.17, 15) is 4.79 Å². The molecule has 1 aromatic carbocycles. The second-order valence-electron chi connectivity index (χ2n) is 6.79. The number of hydrogen-bond acceptors (Lipinski definition) is 2. The van der Waals surface area contributed by atoms with E-state index in [1.165, 1.54) is 25.7 Å². The number of nitrogen functional groups attached to an aromatic ring is 1. The van der Waals surface area contributed by atoms with Crippen molar-refractivity contribution in [3.63, 3.8) is 0 Å². The summed E-state index contributed by atoms with van der Waals surface area (Å²) >= 11 is 3.43. The molecule has 0 aliphatic heterocycles. The number of carbonyl (C=O) groups is 1. The zero-order chi connectivity index (χ0) is 15.1. The number of halogens is 1. The first kappa shape index (κ1) is 14.9. The second-order valence-corrected chi connectivity index (χ2v) is 7.70. The highest BCUT2D eigenvalue weighted by Gasteiger charge is 2.40. The lowest BCUT2D eigenvalue weighted by Gasteiger charge is -2.27. The Bertz CT molecular complexity index is 572. The Morgan fingerprint density at radius 3 is 2.76 bits per heavy atom. The van der Waals surface area contributed by atoms with Gasteiger partial charge in [0, 0.05) is 29.3 Å². The van der Waals surface area contributed by atoms with Gasteiger partial charge < -0.3 is 10.6 Å². The lowest BCUT2D eigenvalue weighted by molar-refractivity contribution is 0.0753. The molecule has 2 aliphatic rings. The third kappa shape index (κ3) is 2.83. The molecule has 0 spiro atoms. The second kappa shape index (κ2) is 5.64. The highest BCUT2D eigenvalue weighted by molar-refractivity contribution is 9.10. The summed E-state index contributed by atoms with van der Waals surface area (Å²) in [5.41, 5.74) is 8.23. The molecule has 2 N–H and O–H groups in total. The molecule has 1 amide bonds. The van der Waals surface area contributed by atoms with Gasteiger partial charge in [0.15, 0.2) is 0 Å². The monoisotopic (exact) mass is 350 g/mol. The van der Waals surface area contributed by atoms with Crippen molar-refractivity contribution in [2.24, 2.45) is 17.8 Å². The van der Waals surface area contributed by atoms with Gasteiger partial charge in [-0.15, -0.1) is 0 Å². The van der Waals surface area contributed by atoms with Crippen LogP contribution in [0.4, 0.5) is 5.69 Å². The number of rotatable bonds is 3. The molecule has 21 heavy (non-hydrogen) atoms. The van der Waals surface area contributed by atoms with Gasteiger partial charge in [0.25, 0.3) is 5.91 Å². The third-order valence-corrected chi connectivity index (χ3v) is 5.84. The number of nitrogens with two attached hydrogens (primary N) is 1. The van der Waals surface area contributed by atoms with Gasteiger partial charge in [-0.2, -0.15) is 0 Å². The molecule has 0 aromatic heterocycles. The summed E-state index contributed by atoms with van der Waals surface area (Å²) in [7, 11) is 1.92. The molecular formula is C17H23BrN2O. The normalized spacial score (nSPS) is 27.1. The summed E-state index contributed by atoms with van der Waals surface area (Å²) in [5, 5.41) is 0. The molecule has 0 heterocycles. The van der Waals surface area contributed by atoms with Crippen LogP contribution in [0.1, 0.15) is 41.6 Å². The lowest BCUT2D eigenvalue weighted by atomic mass is 9.88. The Morgan fingerprint density at radius 2 is 2.14 bits per heavy atom. The van der Waals surface area contributed by atoms with Crippen LogP contribution in [0, 0.1) is 24.7 Å². The van der Waals surface area contributed by atoms with Crippen molar-refractivity contribution in [3.8, 4) is 0 Å². The van der Waals surface area contributed by atoms with Crippen LogP contribution >= 0.6 is 15.9 Å². The van der Waals surface area contributed by atoms with Crippen LogP contribution in [0.2, 0.25) is 0 Å².